The zero-order chi connectivity index (χ0) is 17.1. The average Bonchev–Trinajstić information content (AvgIpc) is 2.81. The number of aliphatic hydroxyl groups excluding tert-OH is 1. The fourth-order valence-electron chi connectivity index (χ4n) is 5.88. The number of esters is 1. The van der Waals surface area contributed by atoms with Crippen LogP contribution in [0.4, 0.5) is 0 Å². The van der Waals surface area contributed by atoms with Gasteiger partial charge in [-0.2, -0.15) is 0 Å². The molecule has 2 saturated carbocycles. The molecular formula is C20H26O4. The van der Waals surface area contributed by atoms with Gasteiger partial charge in [-0.25, -0.2) is 0 Å². The van der Waals surface area contributed by atoms with E-state index >= 15 is 0 Å². The van der Waals surface area contributed by atoms with Crippen molar-refractivity contribution >= 4 is 5.97 Å². The molecule has 4 rings (SSSR count). The Balaban J connectivity index is 1.75. The fraction of sp³-hybridized carbons (Fsp3) is 0.650. The molecule has 4 heteroatoms. The Kier molecular flexibility index (Phi) is 3.64. The summed E-state index contributed by atoms with van der Waals surface area (Å²) in [5.74, 6) is 1.80. The standard InChI is InChI=1S/C20H26O4/c1-11(21)24-17-10-13(22)9-12-3-4-14-15(19(12)17)7-8-20(2)16(14)5-6-18(20)23/h9-10,14-16,18,22-23H,3-8H2,1-2H3/t14-,15+,16+,18+,20+/m1/s1. The summed E-state index contributed by atoms with van der Waals surface area (Å²) in [5.41, 5.74) is 2.29. The fourth-order valence-corrected chi connectivity index (χ4v) is 5.88. The van der Waals surface area contributed by atoms with Crippen molar-refractivity contribution in [1.29, 1.82) is 0 Å². The maximum Gasteiger partial charge on any atom is 0.308 e. The van der Waals surface area contributed by atoms with E-state index in [1.54, 1.807) is 6.07 Å². The first-order valence-corrected chi connectivity index (χ1v) is 9.12. The molecule has 0 aromatic heterocycles. The molecule has 0 spiro atoms. The number of phenolic OH excluding ortho intramolecular Hbond substituents is 1. The molecule has 5 atom stereocenters. The van der Waals surface area contributed by atoms with Crippen molar-refractivity contribution in [2.24, 2.45) is 17.3 Å². The monoisotopic (exact) mass is 330 g/mol. The number of hydrogen-bond donors (Lipinski definition) is 2. The van der Waals surface area contributed by atoms with Crippen LogP contribution in [0.5, 0.6) is 11.5 Å². The van der Waals surface area contributed by atoms with Crippen LogP contribution >= 0.6 is 0 Å². The molecule has 1 aromatic carbocycles. The molecule has 0 amide bonds. The van der Waals surface area contributed by atoms with Gasteiger partial charge in [0.2, 0.25) is 0 Å². The Hall–Kier alpha value is -1.55. The number of hydrogen-bond acceptors (Lipinski definition) is 4. The summed E-state index contributed by atoms with van der Waals surface area (Å²) >= 11 is 0. The molecule has 0 radical (unpaired) electrons. The van der Waals surface area contributed by atoms with Crippen LogP contribution in [-0.2, 0) is 11.2 Å². The number of phenols is 1. The zero-order valence-corrected chi connectivity index (χ0v) is 14.4. The SMILES string of the molecule is CC(=O)Oc1cc(O)cc2c1[C@H]1CC[C@]3(C)[C@@H](O)CC[C@H]3[C@@H]1CC2. The van der Waals surface area contributed by atoms with E-state index in [0.717, 1.165) is 49.7 Å². The number of fused-ring (bicyclic) bond motifs is 5. The van der Waals surface area contributed by atoms with Gasteiger partial charge in [-0.3, -0.25) is 4.79 Å². The van der Waals surface area contributed by atoms with Crippen LogP contribution in [0.25, 0.3) is 0 Å². The summed E-state index contributed by atoms with van der Waals surface area (Å²) in [6, 6.07) is 3.41. The second-order valence-corrected chi connectivity index (χ2v) is 8.16. The molecule has 130 valence electrons. The van der Waals surface area contributed by atoms with Crippen molar-refractivity contribution in [3.63, 3.8) is 0 Å². The Morgan fingerprint density at radius 2 is 2.04 bits per heavy atom. The molecule has 3 aliphatic carbocycles. The van der Waals surface area contributed by atoms with E-state index in [-0.39, 0.29) is 23.2 Å². The number of benzene rings is 1. The average molecular weight is 330 g/mol. The normalized spacial score (nSPS) is 37.3. The first-order valence-electron chi connectivity index (χ1n) is 9.12. The Bertz CT molecular complexity index is 682. The van der Waals surface area contributed by atoms with E-state index < -0.39 is 0 Å². The molecule has 2 fully saturated rings. The molecule has 0 aliphatic heterocycles. The third kappa shape index (κ3) is 2.26. The predicted molar refractivity (Wildman–Crippen MR) is 90.0 cm³/mol. The minimum Gasteiger partial charge on any atom is -0.508 e. The molecule has 0 saturated heterocycles. The largest absolute Gasteiger partial charge is 0.508 e. The Labute approximate surface area is 142 Å². The predicted octanol–water partition coefficient (Wildman–Crippen LogP) is 3.53. The third-order valence-corrected chi connectivity index (χ3v) is 6.97. The van der Waals surface area contributed by atoms with Gasteiger partial charge >= 0.3 is 5.97 Å². The second-order valence-electron chi connectivity index (χ2n) is 8.16. The van der Waals surface area contributed by atoms with E-state index in [2.05, 4.69) is 6.92 Å². The lowest BCUT2D eigenvalue weighted by Gasteiger charge is -2.50. The maximum atomic E-state index is 11.5. The number of carbonyl (C=O) groups is 1. The number of aryl methyl sites for hydroxylation is 1. The summed E-state index contributed by atoms with van der Waals surface area (Å²) in [7, 11) is 0. The zero-order valence-electron chi connectivity index (χ0n) is 14.4. The summed E-state index contributed by atoms with van der Waals surface area (Å²) in [6.45, 7) is 3.66. The van der Waals surface area contributed by atoms with Crippen molar-refractivity contribution in [3.8, 4) is 11.5 Å². The highest BCUT2D eigenvalue weighted by atomic mass is 16.5. The smallest absolute Gasteiger partial charge is 0.308 e. The molecule has 1 aromatic rings. The Morgan fingerprint density at radius 3 is 2.79 bits per heavy atom. The molecule has 2 N–H and O–H groups in total. The highest BCUT2D eigenvalue weighted by Gasteiger charge is 2.54. The summed E-state index contributed by atoms with van der Waals surface area (Å²) in [6.07, 6.45) is 5.84. The van der Waals surface area contributed by atoms with Gasteiger partial charge in [-0.15, -0.1) is 0 Å². The highest BCUT2D eigenvalue weighted by Crippen LogP contribution is 2.62. The van der Waals surface area contributed by atoms with E-state index in [9.17, 15) is 15.0 Å². The number of rotatable bonds is 1. The summed E-state index contributed by atoms with van der Waals surface area (Å²) < 4.78 is 5.45. The minimum absolute atomic E-state index is 0.0389. The van der Waals surface area contributed by atoms with E-state index in [1.165, 1.54) is 6.92 Å². The van der Waals surface area contributed by atoms with Gasteiger partial charge < -0.3 is 14.9 Å². The van der Waals surface area contributed by atoms with E-state index in [0.29, 0.717) is 23.5 Å². The van der Waals surface area contributed by atoms with Crippen molar-refractivity contribution in [1.82, 2.24) is 0 Å². The molecule has 0 unspecified atom stereocenters. The number of carbonyl (C=O) groups excluding carboxylic acids is 1. The molecular weight excluding hydrogens is 304 g/mol. The number of aliphatic hydroxyl groups is 1. The van der Waals surface area contributed by atoms with Crippen LogP contribution in [0.3, 0.4) is 0 Å². The van der Waals surface area contributed by atoms with Gasteiger partial charge in [0.15, 0.2) is 0 Å². The summed E-state index contributed by atoms with van der Waals surface area (Å²) in [5, 5.41) is 20.5. The van der Waals surface area contributed by atoms with Crippen LogP contribution in [-0.4, -0.2) is 22.3 Å². The quantitative estimate of drug-likeness (QED) is 0.610. The highest BCUT2D eigenvalue weighted by molar-refractivity contribution is 5.70. The van der Waals surface area contributed by atoms with Crippen molar-refractivity contribution < 1.29 is 19.7 Å². The maximum absolute atomic E-state index is 11.5. The van der Waals surface area contributed by atoms with E-state index in [4.69, 9.17) is 4.74 Å². The molecule has 3 aliphatic rings. The van der Waals surface area contributed by atoms with Gasteiger partial charge in [-0.1, -0.05) is 6.92 Å². The van der Waals surface area contributed by atoms with Crippen LogP contribution < -0.4 is 4.74 Å². The van der Waals surface area contributed by atoms with Gasteiger partial charge in [-0.05, 0) is 73.3 Å². The molecule has 0 bridgehead atoms. The van der Waals surface area contributed by atoms with Gasteiger partial charge in [0.1, 0.15) is 11.5 Å². The lowest BCUT2D eigenvalue weighted by molar-refractivity contribution is -0.132. The molecule has 0 heterocycles. The first-order chi connectivity index (χ1) is 11.4. The third-order valence-electron chi connectivity index (χ3n) is 6.97. The van der Waals surface area contributed by atoms with Crippen LogP contribution in [0, 0.1) is 17.3 Å². The van der Waals surface area contributed by atoms with Crippen LogP contribution in [0.15, 0.2) is 12.1 Å². The number of aromatic hydroxyl groups is 1. The Morgan fingerprint density at radius 1 is 1.25 bits per heavy atom. The van der Waals surface area contributed by atoms with Crippen molar-refractivity contribution in [2.75, 3.05) is 0 Å². The van der Waals surface area contributed by atoms with Gasteiger partial charge in [0.05, 0.1) is 6.10 Å². The van der Waals surface area contributed by atoms with Crippen molar-refractivity contribution in [3.05, 3.63) is 23.3 Å². The minimum atomic E-state index is -0.346. The number of ether oxygens (including phenoxy) is 1. The van der Waals surface area contributed by atoms with Crippen LogP contribution in [0.1, 0.15) is 63.0 Å². The second kappa shape index (κ2) is 5.48. The first kappa shape index (κ1) is 15.9. The summed E-state index contributed by atoms with van der Waals surface area (Å²) in [4.78, 5) is 11.5. The lowest BCUT2D eigenvalue weighted by atomic mass is 9.55. The van der Waals surface area contributed by atoms with Crippen molar-refractivity contribution in [2.45, 2.75) is 64.4 Å². The molecule has 4 nitrogen and oxygen atoms in total. The van der Waals surface area contributed by atoms with Crippen LogP contribution in [0.2, 0.25) is 0 Å². The van der Waals surface area contributed by atoms with E-state index in [1.807, 2.05) is 6.07 Å². The van der Waals surface area contributed by atoms with Gasteiger partial charge in [0.25, 0.3) is 0 Å². The topological polar surface area (TPSA) is 66.8 Å². The van der Waals surface area contributed by atoms with Gasteiger partial charge in [0, 0.05) is 18.6 Å². The lowest BCUT2D eigenvalue weighted by Crippen LogP contribution is -2.44. The molecule has 24 heavy (non-hydrogen) atoms.